The highest BCUT2D eigenvalue weighted by Gasteiger charge is 2.09. The monoisotopic (exact) mass is 282 g/mol. The summed E-state index contributed by atoms with van der Waals surface area (Å²) < 4.78 is 5.11. The first-order valence-electron chi connectivity index (χ1n) is 6.68. The Morgan fingerprint density at radius 1 is 1.10 bits per heavy atom. The molecule has 3 heteroatoms. The lowest BCUT2D eigenvalue weighted by Gasteiger charge is -2.06. The van der Waals surface area contributed by atoms with Gasteiger partial charge in [0.2, 0.25) is 0 Å². The molecule has 0 fully saturated rings. The van der Waals surface area contributed by atoms with Crippen molar-refractivity contribution in [2.45, 2.75) is 13.8 Å². The van der Waals surface area contributed by atoms with Crippen molar-refractivity contribution in [2.24, 2.45) is 0 Å². The number of Topliss-reactive ketones (excluding diaryl/α,β-unsaturated/α-hetero) is 1. The van der Waals surface area contributed by atoms with Crippen LogP contribution in [0.3, 0.4) is 0 Å². The van der Waals surface area contributed by atoms with E-state index in [9.17, 15) is 9.90 Å². The molecule has 0 radical (unpaired) electrons. The molecule has 1 N–H and O–H groups in total. The molecule has 0 saturated heterocycles. The normalized spacial score (nSPS) is 10.8. The van der Waals surface area contributed by atoms with Gasteiger partial charge in [-0.2, -0.15) is 0 Å². The Morgan fingerprint density at radius 3 is 2.29 bits per heavy atom. The molecule has 0 aliphatic carbocycles. The summed E-state index contributed by atoms with van der Waals surface area (Å²) in [7, 11) is 1.63. The second-order valence-electron chi connectivity index (χ2n) is 4.90. The summed E-state index contributed by atoms with van der Waals surface area (Å²) in [5, 5.41) is 9.88. The van der Waals surface area contributed by atoms with Crippen LogP contribution in [-0.2, 0) is 0 Å². The van der Waals surface area contributed by atoms with Gasteiger partial charge in [-0.1, -0.05) is 24.3 Å². The summed E-state index contributed by atoms with van der Waals surface area (Å²) in [5.74, 6) is 0.728. The van der Waals surface area contributed by atoms with Crippen molar-refractivity contribution in [3.8, 4) is 11.5 Å². The Balaban J connectivity index is 2.30. The zero-order valence-corrected chi connectivity index (χ0v) is 12.4. The van der Waals surface area contributed by atoms with E-state index in [4.69, 9.17) is 4.74 Å². The quantitative estimate of drug-likeness (QED) is 0.679. The van der Waals surface area contributed by atoms with E-state index in [1.54, 1.807) is 20.1 Å². The summed E-state index contributed by atoms with van der Waals surface area (Å²) in [4.78, 5) is 11.5. The highest BCUT2D eigenvalue weighted by atomic mass is 16.5. The maximum Gasteiger partial charge on any atom is 0.163 e. The van der Waals surface area contributed by atoms with Crippen LogP contribution in [0.2, 0.25) is 0 Å². The van der Waals surface area contributed by atoms with Gasteiger partial charge in [-0.25, -0.2) is 0 Å². The van der Waals surface area contributed by atoms with Crippen LogP contribution < -0.4 is 4.74 Å². The molecule has 0 aliphatic heterocycles. The predicted molar refractivity (Wildman–Crippen MR) is 84.8 cm³/mol. The Labute approximate surface area is 124 Å². The number of hydrogen-bond donors (Lipinski definition) is 1. The third-order valence-electron chi connectivity index (χ3n) is 3.29. The molecule has 2 aromatic carbocycles. The second-order valence-corrected chi connectivity index (χ2v) is 4.90. The van der Waals surface area contributed by atoms with Gasteiger partial charge < -0.3 is 9.84 Å². The van der Waals surface area contributed by atoms with Crippen LogP contribution in [0.1, 0.15) is 34.0 Å². The van der Waals surface area contributed by atoms with Crippen molar-refractivity contribution in [2.75, 3.05) is 7.11 Å². The van der Waals surface area contributed by atoms with Gasteiger partial charge >= 0.3 is 0 Å². The summed E-state index contributed by atoms with van der Waals surface area (Å²) in [6, 6.07) is 11.2. The Bertz CT molecular complexity index is 682. The van der Waals surface area contributed by atoms with E-state index in [1.165, 1.54) is 6.92 Å². The number of phenols is 1. The number of carbonyl (C=O) groups is 1. The lowest BCUT2D eigenvalue weighted by atomic mass is 10.0. The zero-order chi connectivity index (χ0) is 15.4. The van der Waals surface area contributed by atoms with Crippen LogP contribution in [0.5, 0.6) is 11.5 Å². The van der Waals surface area contributed by atoms with Crippen LogP contribution >= 0.6 is 0 Å². The van der Waals surface area contributed by atoms with Crippen LogP contribution in [0.4, 0.5) is 0 Å². The SMILES string of the molecule is COc1ccc(/C=C/c2cc(C)c(O)c(C(C)=O)c2)cc1. The van der Waals surface area contributed by atoms with Crippen molar-refractivity contribution >= 4 is 17.9 Å². The molecule has 2 rings (SSSR count). The first kappa shape index (κ1) is 14.9. The average Bonchev–Trinajstić information content (AvgIpc) is 2.48. The van der Waals surface area contributed by atoms with E-state index in [-0.39, 0.29) is 11.5 Å². The molecular weight excluding hydrogens is 264 g/mol. The van der Waals surface area contributed by atoms with Gasteiger partial charge in [0.1, 0.15) is 11.5 Å². The minimum absolute atomic E-state index is 0.0593. The highest BCUT2D eigenvalue weighted by molar-refractivity contribution is 5.98. The largest absolute Gasteiger partial charge is 0.507 e. The first-order valence-corrected chi connectivity index (χ1v) is 6.68. The number of methoxy groups -OCH3 is 1. The molecule has 3 nitrogen and oxygen atoms in total. The molecule has 0 atom stereocenters. The maximum absolute atomic E-state index is 11.5. The van der Waals surface area contributed by atoms with Crippen molar-refractivity contribution in [1.82, 2.24) is 0 Å². The van der Waals surface area contributed by atoms with Crippen molar-refractivity contribution < 1.29 is 14.6 Å². The smallest absolute Gasteiger partial charge is 0.163 e. The molecule has 0 aromatic heterocycles. The van der Waals surface area contributed by atoms with E-state index >= 15 is 0 Å². The fraction of sp³-hybridized carbons (Fsp3) is 0.167. The average molecular weight is 282 g/mol. The Morgan fingerprint density at radius 2 is 1.71 bits per heavy atom. The van der Waals surface area contributed by atoms with Crippen molar-refractivity contribution in [3.05, 3.63) is 58.7 Å². The number of ether oxygens (including phenoxy) is 1. The number of phenolic OH excluding ortho intramolecular Hbond substituents is 1. The summed E-state index contributed by atoms with van der Waals surface area (Å²) in [5.41, 5.74) is 2.96. The summed E-state index contributed by atoms with van der Waals surface area (Å²) in [6.07, 6.45) is 3.87. The molecule has 0 heterocycles. The molecule has 0 amide bonds. The highest BCUT2D eigenvalue weighted by Crippen LogP contribution is 2.25. The lowest BCUT2D eigenvalue weighted by molar-refractivity contribution is 0.101. The first-order chi connectivity index (χ1) is 10.0. The third kappa shape index (κ3) is 3.51. The molecule has 0 unspecified atom stereocenters. The number of ketones is 1. The molecule has 21 heavy (non-hydrogen) atoms. The van der Waals surface area contributed by atoms with Crippen LogP contribution in [-0.4, -0.2) is 18.0 Å². The fourth-order valence-electron chi connectivity index (χ4n) is 2.08. The van der Waals surface area contributed by atoms with E-state index in [0.29, 0.717) is 11.1 Å². The molecule has 0 aliphatic rings. The van der Waals surface area contributed by atoms with E-state index in [2.05, 4.69) is 0 Å². The van der Waals surface area contributed by atoms with Crippen molar-refractivity contribution in [1.29, 1.82) is 0 Å². The van der Waals surface area contributed by atoms with Crippen LogP contribution in [0.25, 0.3) is 12.2 Å². The number of benzene rings is 2. The molecular formula is C18H18O3. The number of aryl methyl sites for hydroxylation is 1. The van der Waals surface area contributed by atoms with E-state index in [1.807, 2.05) is 42.5 Å². The van der Waals surface area contributed by atoms with E-state index < -0.39 is 0 Å². The van der Waals surface area contributed by atoms with Crippen LogP contribution in [0, 0.1) is 6.92 Å². The Kier molecular flexibility index (Phi) is 4.43. The minimum atomic E-state index is -0.143. The predicted octanol–water partition coefficient (Wildman–Crippen LogP) is 4.08. The fourth-order valence-corrected chi connectivity index (χ4v) is 2.08. The summed E-state index contributed by atoms with van der Waals surface area (Å²) in [6.45, 7) is 3.23. The number of hydrogen-bond acceptors (Lipinski definition) is 3. The second kappa shape index (κ2) is 6.27. The number of rotatable bonds is 4. The third-order valence-corrected chi connectivity index (χ3v) is 3.29. The lowest BCUT2D eigenvalue weighted by Crippen LogP contribution is -1.95. The summed E-state index contributed by atoms with van der Waals surface area (Å²) >= 11 is 0. The van der Waals surface area contributed by atoms with Gasteiger partial charge in [0, 0.05) is 0 Å². The van der Waals surface area contributed by atoms with Gasteiger partial charge in [0.25, 0.3) is 0 Å². The van der Waals surface area contributed by atoms with Gasteiger partial charge in [-0.05, 0) is 54.8 Å². The van der Waals surface area contributed by atoms with Gasteiger partial charge in [0.15, 0.2) is 5.78 Å². The molecule has 108 valence electrons. The standard InChI is InChI=1S/C18H18O3/c1-12-10-15(11-17(13(2)19)18(12)20)5-4-14-6-8-16(21-3)9-7-14/h4-11,20H,1-3H3/b5-4+. The topological polar surface area (TPSA) is 46.5 Å². The number of carbonyl (C=O) groups excluding carboxylic acids is 1. The maximum atomic E-state index is 11.5. The van der Waals surface area contributed by atoms with Crippen molar-refractivity contribution in [3.63, 3.8) is 0 Å². The van der Waals surface area contributed by atoms with Gasteiger partial charge in [0.05, 0.1) is 12.7 Å². The zero-order valence-electron chi connectivity index (χ0n) is 12.4. The van der Waals surface area contributed by atoms with Gasteiger partial charge in [-0.3, -0.25) is 4.79 Å². The van der Waals surface area contributed by atoms with E-state index in [0.717, 1.165) is 16.9 Å². The molecule has 0 bridgehead atoms. The Hall–Kier alpha value is -2.55. The molecule has 0 saturated carbocycles. The molecule has 0 spiro atoms. The number of aromatic hydroxyl groups is 1. The van der Waals surface area contributed by atoms with Crippen LogP contribution in [0.15, 0.2) is 36.4 Å². The minimum Gasteiger partial charge on any atom is -0.507 e. The van der Waals surface area contributed by atoms with Gasteiger partial charge in [-0.15, -0.1) is 0 Å². The molecule has 2 aromatic rings.